The molecule has 0 atom stereocenters. The fourth-order valence-corrected chi connectivity index (χ4v) is 2.68. The zero-order valence-corrected chi connectivity index (χ0v) is 11.8. The number of carbonyl (C=O) groups is 1. The Labute approximate surface area is 114 Å². The smallest absolute Gasteiger partial charge is 0.241 e. The fraction of sp³-hybridized carbons (Fsp3) is 0.714. The Hall–Kier alpha value is -1.36. The lowest BCUT2D eigenvalue weighted by atomic mass is 9.85. The molecule has 1 fully saturated rings. The molecular weight excluding hydrogens is 242 g/mol. The molecule has 1 saturated carbocycles. The van der Waals surface area contributed by atoms with Crippen LogP contribution in [0.3, 0.4) is 0 Å². The molecule has 1 aliphatic rings. The first kappa shape index (κ1) is 14.1. The maximum atomic E-state index is 11.9. The Balaban J connectivity index is 1.83. The van der Waals surface area contributed by atoms with Crippen molar-refractivity contribution < 1.29 is 9.90 Å². The van der Waals surface area contributed by atoms with Crippen LogP contribution in [-0.4, -0.2) is 32.9 Å². The number of hydrogen-bond donors (Lipinski definition) is 2. The number of carbonyl (C=O) groups excluding carboxylic acids is 1. The van der Waals surface area contributed by atoms with Crippen molar-refractivity contribution in [2.24, 2.45) is 0 Å². The van der Waals surface area contributed by atoms with Gasteiger partial charge in [0.05, 0.1) is 11.3 Å². The summed E-state index contributed by atoms with van der Waals surface area (Å²) in [5.74, 6) is -0.0924. The Bertz CT molecular complexity index is 448. The first-order chi connectivity index (χ1) is 8.98. The van der Waals surface area contributed by atoms with Crippen LogP contribution in [0.5, 0.6) is 0 Å². The number of aliphatic hydroxyl groups is 1. The summed E-state index contributed by atoms with van der Waals surface area (Å²) >= 11 is 0. The summed E-state index contributed by atoms with van der Waals surface area (Å²) in [5.41, 5.74) is 1.18. The summed E-state index contributed by atoms with van der Waals surface area (Å²) in [6.45, 7) is 4.41. The van der Waals surface area contributed by atoms with E-state index in [1.54, 1.807) is 4.68 Å². The van der Waals surface area contributed by atoms with E-state index in [1.807, 2.05) is 19.9 Å². The van der Waals surface area contributed by atoms with Crippen LogP contribution in [0.1, 0.15) is 43.5 Å². The quantitative estimate of drug-likeness (QED) is 0.862. The van der Waals surface area contributed by atoms with Gasteiger partial charge in [-0.15, -0.1) is 0 Å². The van der Waals surface area contributed by atoms with Gasteiger partial charge >= 0.3 is 0 Å². The van der Waals surface area contributed by atoms with Crippen molar-refractivity contribution in [1.29, 1.82) is 0 Å². The Morgan fingerprint density at radius 3 is 2.68 bits per heavy atom. The van der Waals surface area contributed by atoms with Crippen LogP contribution in [0, 0.1) is 13.8 Å². The second-order valence-corrected chi connectivity index (χ2v) is 5.65. The molecule has 0 bridgehead atoms. The van der Waals surface area contributed by atoms with Crippen molar-refractivity contribution in [2.75, 3.05) is 6.54 Å². The van der Waals surface area contributed by atoms with Crippen LogP contribution in [0.25, 0.3) is 0 Å². The molecule has 106 valence electrons. The lowest BCUT2D eigenvalue weighted by molar-refractivity contribution is -0.123. The third-order valence-corrected chi connectivity index (χ3v) is 3.80. The number of rotatable bonds is 4. The molecular formula is C14H23N3O2. The van der Waals surface area contributed by atoms with Gasteiger partial charge in [0.2, 0.25) is 5.91 Å². The second kappa shape index (κ2) is 5.74. The maximum Gasteiger partial charge on any atom is 0.241 e. The fourth-order valence-electron chi connectivity index (χ4n) is 2.68. The van der Waals surface area contributed by atoms with E-state index in [0.717, 1.165) is 37.1 Å². The van der Waals surface area contributed by atoms with Crippen LogP contribution < -0.4 is 5.32 Å². The van der Waals surface area contributed by atoms with Gasteiger partial charge in [-0.05, 0) is 32.8 Å². The third-order valence-electron chi connectivity index (χ3n) is 3.80. The molecule has 0 unspecified atom stereocenters. The molecule has 0 aliphatic heterocycles. The van der Waals surface area contributed by atoms with Gasteiger partial charge in [-0.1, -0.05) is 19.3 Å². The minimum absolute atomic E-state index is 0.0924. The van der Waals surface area contributed by atoms with Crippen molar-refractivity contribution in [1.82, 2.24) is 15.1 Å². The maximum absolute atomic E-state index is 11.9. The summed E-state index contributed by atoms with van der Waals surface area (Å²) in [6, 6.07) is 1.95. The molecule has 1 aromatic heterocycles. The highest BCUT2D eigenvalue weighted by Gasteiger charge is 2.29. The molecule has 0 radical (unpaired) electrons. The summed E-state index contributed by atoms with van der Waals surface area (Å²) < 4.78 is 1.69. The number of aromatic nitrogens is 2. The molecule has 5 nitrogen and oxygen atoms in total. The van der Waals surface area contributed by atoms with Crippen molar-refractivity contribution in [3.8, 4) is 0 Å². The van der Waals surface area contributed by atoms with Gasteiger partial charge in [-0.25, -0.2) is 0 Å². The molecule has 2 N–H and O–H groups in total. The van der Waals surface area contributed by atoms with E-state index in [1.165, 1.54) is 6.42 Å². The SMILES string of the molecule is Cc1cc(C)n(CC(=O)NCC2(O)CCCCC2)n1. The van der Waals surface area contributed by atoms with Gasteiger partial charge in [0.1, 0.15) is 6.54 Å². The van der Waals surface area contributed by atoms with Gasteiger partial charge in [-0.3, -0.25) is 9.48 Å². The first-order valence-corrected chi connectivity index (χ1v) is 6.99. The van der Waals surface area contributed by atoms with Crippen molar-refractivity contribution in [2.45, 2.75) is 58.1 Å². The van der Waals surface area contributed by atoms with E-state index in [4.69, 9.17) is 0 Å². The number of aryl methyl sites for hydroxylation is 2. The molecule has 1 amide bonds. The average molecular weight is 265 g/mol. The van der Waals surface area contributed by atoms with E-state index in [9.17, 15) is 9.90 Å². The summed E-state index contributed by atoms with van der Waals surface area (Å²) in [4.78, 5) is 11.9. The number of amides is 1. The van der Waals surface area contributed by atoms with Gasteiger partial charge in [-0.2, -0.15) is 5.10 Å². The van der Waals surface area contributed by atoms with Crippen LogP contribution in [-0.2, 0) is 11.3 Å². The van der Waals surface area contributed by atoms with Gasteiger partial charge < -0.3 is 10.4 Å². The summed E-state index contributed by atoms with van der Waals surface area (Å²) in [7, 11) is 0. The van der Waals surface area contributed by atoms with E-state index in [0.29, 0.717) is 6.54 Å². The van der Waals surface area contributed by atoms with E-state index in [2.05, 4.69) is 10.4 Å². The lowest BCUT2D eigenvalue weighted by Crippen LogP contribution is -2.45. The highest BCUT2D eigenvalue weighted by molar-refractivity contribution is 5.75. The van der Waals surface area contributed by atoms with Crippen LogP contribution in [0.2, 0.25) is 0 Å². The second-order valence-electron chi connectivity index (χ2n) is 5.65. The largest absolute Gasteiger partial charge is 0.388 e. The van der Waals surface area contributed by atoms with Gasteiger partial charge in [0, 0.05) is 12.2 Å². The minimum Gasteiger partial charge on any atom is -0.388 e. The number of hydrogen-bond acceptors (Lipinski definition) is 3. The van der Waals surface area contributed by atoms with Gasteiger partial charge in [0.15, 0.2) is 0 Å². The average Bonchev–Trinajstić information content (AvgIpc) is 2.66. The highest BCUT2D eigenvalue weighted by Crippen LogP contribution is 2.27. The Kier molecular flexibility index (Phi) is 4.24. The normalized spacial score (nSPS) is 18.3. The molecule has 0 spiro atoms. The molecule has 1 aromatic rings. The highest BCUT2D eigenvalue weighted by atomic mass is 16.3. The zero-order valence-electron chi connectivity index (χ0n) is 11.8. The van der Waals surface area contributed by atoms with Crippen LogP contribution in [0.4, 0.5) is 0 Å². The number of nitrogens with one attached hydrogen (secondary N) is 1. The van der Waals surface area contributed by atoms with E-state index in [-0.39, 0.29) is 12.5 Å². The molecule has 1 aliphatic carbocycles. The standard InChI is InChI=1S/C14H23N3O2/c1-11-8-12(2)17(16-11)9-13(18)15-10-14(19)6-4-3-5-7-14/h8,19H,3-7,9-10H2,1-2H3,(H,15,18). The summed E-state index contributed by atoms with van der Waals surface area (Å²) in [6.07, 6.45) is 4.84. The van der Waals surface area contributed by atoms with Crippen LogP contribution in [0.15, 0.2) is 6.07 Å². The predicted molar refractivity (Wildman–Crippen MR) is 72.7 cm³/mol. The monoisotopic (exact) mass is 265 g/mol. The van der Waals surface area contributed by atoms with Crippen molar-refractivity contribution >= 4 is 5.91 Å². The van der Waals surface area contributed by atoms with Crippen LogP contribution >= 0.6 is 0 Å². The first-order valence-electron chi connectivity index (χ1n) is 6.99. The molecule has 1 heterocycles. The third kappa shape index (κ3) is 3.80. The van der Waals surface area contributed by atoms with Gasteiger partial charge in [0.25, 0.3) is 0 Å². The topological polar surface area (TPSA) is 67.2 Å². The van der Waals surface area contributed by atoms with Crippen molar-refractivity contribution in [3.05, 3.63) is 17.5 Å². The number of nitrogens with zero attached hydrogens (tertiary/aromatic N) is 2. The molecule has 0 saturated heterocycles. The molecule has 0 aromatic carbocycles. The van der Waals surface area contributed by atoms with E-state index < -0.39 is 5.60 Å². The van der Waals surface area contributed by atoms with Crippen molar-refractivity contribution in [3.63, 3.8) is 0 Å². The Morgan fingerprint density at radius 2 is 2.11 bits per heavy atom. The summed E-state index contributed by atoms with van der Waals surface area (Å²) in [5, 5.41) is 17.4. The Morgan fingerprint density at radius 1 is 1.42 bits per heavy atom. The molecule has 5 heteroatoms. The molecule has 19 heavy (non-hydrogen) atoms. The minimum atomic E-state index is -0.705. The lowest BCUT2D eigenvalue weighted by Gasteiger charge is -2.32. The van der Waals surface area contributed by atoms with E-state index >= 15 is 0 Å². The zero-order chi connectivity index (χ0) is 13.9. The molecule has 2 rings (SSSR count). The predicted octanol–water partition coefficient (Wildman–Crippen LogP) is 1.31.